The molecule has 2 aromatic rings. The van der Waals surface area contributed by atoms with Crippen LogP contribution >= 0.6 is 0 Å². The Balaban J connectivity index is 1.85. The third-order valence-electron chi connectivity index (χ3n) is 5.53. The highest BCUT2D eigenvalue weighted by Crippen LogP contribution is 2.27. The summed E-state index contributed by atoms with van der Waals surface area (Å²) in [5.41, 5.74) is 1.17. The van der Waals surface area contributed by atoms with E-state index < -0.39 is 10.0 Å². The van der Waals surface area contributed by atoms with Crippen LogP contribution < -0.4 is 9.47 Å². The molecule has 8 heteroatoms. The third kappa shape index (κ3) is 5.37. The number of hydrogen-bond donors (Lipinski definition) is 0. The molecule has 168 valence electrons. The molecule has 0 unspecified atom stereocenters. The van der Waals surface area contributed by atoms with Crippen LogP contribution in [0.5, 0.6) is 11.5 Å². The Kier molecular flexibility index (Phi) is 7.56. The molecule has 3 rings (SSSR count). The first-order chi connectivity index (χ1) is 14.9. The molecule has 0 aliphatic carbocycles. The van der Waals surface area contributed by atoms with E-state index in [2.05, 4.69) is 0 Å². The molecule has 1 heterocycles. The number of benzene rings is 2. The first-order valence-electron chi connectivity index (χ1n) is 10.4. The summed E-state index contributed by atoms with van der Waals surface area (Å²) in [7, 11) is 1.09. The highest BCUT2D eigenvalue weighted by molar-refractivity contribution is 7.89. The Morgan fingerprint density at radius 3 is 2.19 bits per heavy atom. The van der Waals surface area contributed by atoms with E-state index in [9.17, 15) is 13.2 Å². The normalized spacial score (nSPS) is 15.2. The summed E-state index contributed by atoms with van der Waals surface area (Å²) in [6.45, 7) is 1.39. The van der Waals surface area contributed by atoms with E-state index in [-0.39, 0.29) is 16.4 Å². The minimum Gasteiger partial charge on any atom is -0.497 e. The van der Waals surface area contributed by atoms with Crippen LogP contribution in [-0.2, 0) is 16.6 Å². The molecule has 1 fully saturated rings. The van der Waals surface area contributed by atoms with E-state index in [0.29, 0.717) is 25.4 Å². The predicted molar refractivity (Wildman–Crippen MR) is 119 cm³/mol. The van der Waals surface area contributed by atoms with Crippen LogP contribution in [0.2, 0.25) is 0 Å². The van der Waals surface area contributed by atoms with E-state index in [4.69, 9.17) is 9.47 Å². The van der Waals surface area contributed by atoms with E-state index in [1.807, 2.05) is 24.3 Å². The Bertz CT molecular complexity index is 997. The van der Waals surface area contributed by atoms with Crippen molar-refractivity contribution in [1.29, 1.82) is 0 Å². The second kappa shape index (κ2) is 10.2. The molecule has 1 aliphatic heterocycles. The van der Waals surface area contributed by atoms with Crippen LogP contribution in [0.4, 0.5) is 0 Å². The lowest BCUT2D eigenvalue weighted by Crippen LogP contribution is -2.32. The van der Waals surface area contributed by atoms with Crippen LogP contribution in [0.3, 0.4) is 0 Å². The fraction of sp³-hybridized carbons (Fsp3) is 0.435. The smallest absolute Gasteiger partial charge is 0.257 e. The number of amides is 1. The van der Waals surface area contributed by atoms with Crippen molar-refractivity contribution in [3.63, 3.8) is 0 Å². The first kappa shape index (κ1) is 23.1. The molecular formula is C23H30N2O5S. The van der Waals surface area contributed by atoms with Crippen molar-refractivity contribution < 1.29 is 22.7 Å². The lowest BCUT2D eigenvalue weighted by Gasteiger charge is -2.22. The monoisotopic (exact) mass is 446 g/mol. The van der Waals surface area contributed by atoms with Crippen LogP contribution in [0.1, 0.15) is 41.6 Å². The van der Waals surface area contributed by atoms with Gasteiger partial charge in [-0.15, -0.1) is 0 Å². The Morgan fingerprint density at radius 2 is 1.61 bits per heavy atom. The van der Waals surface area contributed by atoms with Crippen molar-refractivity contribution >= 4 is 15.9 Å². The zero-order chi connectivity index (χ0) is 22.4. The van der Waals surface area contributed by atoms with Crippen molar-refractivity contribution in [1.82, 2.24) is 9.21 Å². The molecular weight excluding hydrogens is 416 g/mol. The molecule has 1 amide bonds. The summed E-state index contributed by atoms with van der Waals surface area (Å²) >= 11 is 0. The van der Waals surface area contributed by atoms with Gasteiger partial charge in [0.1, 0.15) is 11.5 Å². The molecule has 2 aromatic carbocycles. The number of carbonyl (C=O) groups excluding carboxylic acids is 1. The molecule has 0 bridgehead atoms. The number of methoxy groups -OCH3 is 2. The molecule has 1 aliphatic rings. The standard InChI is InChI=1S/C23H30N2O5S/c1-24(17-18-8-10-19(29-2)11-9-18)23(26)21-16-20(12-13-22(21)30-3)31(27,28)25-14-6-4-5-7-15-25/h8-13,16H,4-7,14-15,17H2,1-3H3. The Hall–Kier alpha value is -2.58. The summed E-state index contributed by atoms with van der Waals surface area (Å²) in [5.74, 6) is 0.785. The van der Waals surface area contributed by atoms with Gasteiger partial charge in [-0.1, -0.05) is 25.0 Å². The maximum Gasteiger partial charge on any atom is 0.257 e. The number of hydrogen-bond acceptors (Lipinski definition) is 5. The van der Waals surface area contributed by atoms with Gasteiger partial charge in [0.25, 0.3) is 5.91 Å². The topological polar surface area (TPSA) is 76.2 Å². The van der Waals surface area contributed by atoms with Crippen molar-refractivity contribution in [3.8, 4) is 11.5 Å². The van der Waals surface area contributed by atoms with E-state index in [0.717, 1.165) is 37.0 Å². The van der Waals surface area contributed by atoms with Crippen LogP contribution in [0.25, 0.3) is 0 Å². The molecule has 1 saturated heterocycles. The van der Waals surface area contributed by atoms with Gasteiger partial charge in [-0.2, -0.15) is 4.31 Å². The largest absolute Gasteiger partial charge is 0.497 e. The SMILES string of the molecule is COc1ccc(CN(C)C(=O)c2cc(S(=O)(=O)N3CCCCCC3)ccc2OC)cc1. The van der Waals surface area contributed by atoms with Gasteiger partial charge in [0.15, 0.2) is 0 Å². The number of ether oxygens (including phenoxy) is 2. The van der Waals surface area contributed by atoms with E-state index >= 15 is 0 Å². The molecule has 0 aromatic heterocycles. The lowest BCUT2D eigenvalue weighted by atomic mass is 10.1. The summed E-state index contributed by atoms with van der Waals surface area (Å²) in [6.07, 6.45) is 3.78. The quantitative estimate of drug-likeness (QED) is 0.650. The number of nitrogens with zero attached hydrogens (tertiary/aromatic N) is 2. The number of carbonyl (C=O) groups is 1. The van der Waals surface area contributed by atoms with E-state index in [1.54, 1.807) is 25.1 Å². The van der Waals surface area contributed by atoms with Crippen LogP contribution in [0.15, 0.2) is 47.4 Å². The van der Waals surface area contributed by atoms with Gasteiger partial charge in [-0.3, -0.25) is 4.79 Å². The minimum absolute atomic E-state index is 0.122. The van der Waals surface area contributed by atoms with Crippen molar-refractivity contribution in [2.24, 2.45) is 0 Å². The average Bonchev–Trinajstić information content (AvgIpc) is 3.09. The Morgan fingerprint density at radius 1 is 0.968 bits per heavy atom. The van der Waals surface area contributed by atoms with Gasteiger partial charge in [0.05, 0.1) is 24.7 Å². The van der Waals surface area contributed by atoms with Gasteiger partial charge in [0.2, 0.25) is 10.0 Å². The fourth-order valence-electron chi connectivity index (χ4n) is 3.73. The third-order valence-corrected chi connectivity index (χ3v) is 7.42. The predicted octanol–water partition coefficient (Wildman–Crippen LogP) is 3.54. The van der Waals surface area contributed by atoms with Gasteiger partial charge in [-0.05, 0) is 48.7 Å². The maximum absolute atomic E-state index is 13.2. The fourth-order valence-corrected chi connectivity index (χ4v) is 5.27. The van der Waals surface area contributed by atoms with E-state index in [1.165, 1.54) is 23.5 Å². The van der Waals surface area contributed by atoms with Crippen LogP contribution in [0, 0.1) is 0 Å². The Labute approximate surface area is 184 Å². The first-order valence-corrected chi connectivity index (χ1v) is 11.9. The molecule has 0 saturated carbocycles. The number of rotatable bonds is 7. The van der Waals surface area contributed by atoms with Crippen molar-refractivity contribution in [2.75, 3.05) is 34.4 Å². The molecule has 0 N–H and O–H groups in total. The van der Waals surface area contributed by atoms with Crippen molar-refractivity contribution in [2.45, 2.75) is 37.1 Å². The summed E-state index contributed by atoms with van der Waals surface area (Å²) in [6, 6.07) is 12.0. The van der Waals surface area contributed by atoms with Crippen LogP contribution in [-0.4, -0.2) is 57.9 Å². The second-order valence-corrected chi connectivity index (χ2v) is 9.63. The molecule has 0 atom stereocenters. The molecule has 7 nitrogen and oxygen atoms in total. The minimum atomic E-state index is -3.67. The molecule has 0 radical (unpaired) electrons. The summed E-state index contributed by atoms with van der Waals surface area (Å²) in [4.78, 5) is 14.8. The second-order valence-electron chi connectivity index (χ2n) is 7.69. The van der Waals surface area contributed by atoms with Gasteiger partial charge in [-0.25, -0.2) is 8.42 Å². The summed E-state index contributed by atoms with van der Waals surface area (Å²) in [5, 5.41) is 0. The number of sulfonamides is 1. The zero-order valence-corrected chi connectivity index (χ0v) is 19.2. The zero-order valence-electron chi connectivity index (χ0n) is 18.3. The summed E-state index contributed by atoms with van der Waals surface area (Å²) < 4.78 is 38.4. The average molecular weight is 447 g/mol. The van der Waals surface area contributed by atoms with Crippen molar-refractivity contribution in [3.05, 3.63) is 53.6 Å². The maximum atomic E-state index is 13.2. The van der Waals surface area contributed by atoms with Gasteiger partial charge >= 0.3 is 0 Å². The molecule has 0 spiro atoms. The van der Waals surface area contributed by atoms with Gasteiger partial charge in [0, 0.05) is 26.7 Å². The molecule has 31 heavy (non-hydrogen) atoms. The highest BCUT2D eigenvalue weighted by Gasteiger charge is 2.27. The highest BCUT2D eigenvalue weighted by atomic mass is 32.2. The lowest BCUT2D eigenvalue weighted by molar-refractivity contribution is 0.0781. The van der Waals surface area contributed by atoms with Gasteiger partial charge < -0.3 is 14.4 Å².